The van der Waals surface area contributed by atoms with Gasteiger partial charge in [-0.15, -0.1) is 0 Å². The molecule has 0 spiro atoms. The van der Waals surface area contributed by atoms with E-state index in [2.05, 4.69) is 9.47 Å². The van der Waals surface area contributed by atoms with Gasteiger partial charge in [0.05, 0.1) is 0 Å². The fourth-order valence-corrected chi connectivity index (χ4v) is 1.22. The van der Waals surface area contributed by atoms with Crippen LogP contribution in [0.15, 0.2) is 18.2 Å². The summed E-state index contributed by atoms with van der Waals surface area (Å²) in [5.74, 6) is -0.737. The minimum Gasteiger partial charge on any atom is -0.421 e. The molecule has 1 aliphatic rings. The summed E-state index contributed by atoms with van der Waals surface area (Å²) in [6, 6.07) is 4.02. The van der Waals surface area contributed by atoms with Gasteiger partial charge >= 0.3 is 12.2 Å². The van der Waals surface area contributed by atoms with E-state index >= 15 is 0 Å². The van der Waals surface area contributed by atoms with Gasteiger partial charge in [-0.25, -0.2) is 0 Å². The monoisotopic (exact) mass is 252 g/mol. The number of hydrogen-bond donors (Lipinski definition) is 0. The molecule has 2 rings (SSSR count). The van der Waals surface area contributed by atoms with Crippen LogP contribution in [-0.2, 0) is 0 Å². The van der Waals surface area contributed by atoms with Crippen LogP contribution in [0.3, 0.4) is 0 Å². The highest BCUT2D eigenvalue weighted by Gasteiger charge is 2.66. The smallest absolute Gasteiger partial charge is 0.421 e. The van der Waals surface area contributed by atoms with Crippen LogP contribution in [0, 0.1) is 6.92 Å². The van der Waals surface area contributed by atoms with E-state index in [-0.39, 0.29) is 11.5 Å². The van der Waals surface area contributed by atoms with E-state index in [1.54, 1.807) is 0 Å². The Labute approximate surface area is 96.1 Å². The fourth-order valence-electron chi connectivity index (χ4n) is 1.22. The van der Waals surface area contributed by atoms with Crippen molar-refractivity contribution in [3.8, 4) is 11.5 Å². The first-order chi connectivity index (χ1) is 7.83. The Morgan fingerprint density at radius 3 is 2.06 bits per heavy atom. The lowest BCUT2D eigenvalue weighted by Crippen LogP contribution is -2.52. The maximum absolute atomic E-state index is 12.7. The van der Waals surface area contributed by atoms with Crippen molar-refractivity contribution in [1.82, 2.24) is 0 Å². The quantitative estimate of drug-likeness (QED) is 0.650. The summed E-state index contributed by atoms with van der Waals surface area (Å²) in [6.45, 7) is 5.46. The van der Waals surface area contributed by atoms with E-state index in [1.807, 2.05) is 13.8 Å². The largest absolute Gasteiger partial charge is 0.507 e. The molecule has 1 aromatic rings. The molecule has 96 valence electrons. The highest BCUT2D eigenvalue weighted by molar-refractivity contribution is 5.47. The van der Waals surface area contributed by atoms with Crippen molar-refractivity contribution in [1.29, 1.82) is 0 Å². The molecule has 0 aromatic heterocycles. The van der Waals surface area contributed by atoms with Crippen LogP contribution >= 0.6 is 0 Å². The van der Waals surface area contributed by atoms with Crippen LogP contribution in [0.1, 0.15) is 19.4 Å². The molecule has 0 saturated heterocycles. The molecule has 0 radical (unpaired) electrons. The van der Waals surface area contributed by atoms with Crippen molar-refractivity contribution < 1.29 is 27.0 Å². The zero-order valence-electron chi connectivity index (χ0n) is 9.56. The van der Waals surface area contributed by atoms with Crippen molar-refractivity contribution >= 4 is 0 Å². The number of ether oxygens (including phenoxy) is 2. The summed E-state index contributed by atoms with van der Waals surface area (Å²) in [7, 11) is 0. The summed E-state index contributed by atoms with van der Waals surface area (Å²) in [5, 5.41) is 0. The summed E-state index contributed by atoms with van der Waals surface area (Å²) in [6.07, 6.45) is -9.29. The first-order valence-corrected chi connectivity index (χ1v) is 5.07. The topological polar surface area (TPSA) is 18.5 Å². The number of halogens is 4. The van der Waals surface area contributed by atoms with Crippen molar-refractivity contribution in [3.63, 3.8) is 0 Å². The molecular formula is C11H12F4O2. The van der Waals surface area contributed by atoms with Crippen LogP contribution in [0.5, 0.6) is 11.5 Å². The SMILES string of the molecule is CC.Cc1cccc2c1OC(F)(F)C(F)(F)O2. The lowest BCUT2D eigenvalue weighted by molar-refractivity contribution is -0.391. The van der Waals surface area contributed by atoms with Gasteiger partial charge in [-0.05, 0) is 18.6 Å². The normalized spacial score (nSPS) is 19.0. The van der Waals surface area contributed by atoms with Crippen LogP contribution < -0.4 is 9.47 Å². The minimum atomic E-state index is -4.65. The molecule has 0 saturated carbocycles. The molecule has 0 amide bonds. The van der Waals surface area contributed by atoms with E-state index < -0.39 is 12.2 Å². The number of benzene rings is 1. The second kappa shape index (κ2) is 4.43. The van der Waals surface area contributed by atoms with Crippen LogP contribution in [-0.4, -0.2) is 12.2 Å². The van der Waals surface area contributed by atoms with Gasteiger partial charge in [0.15, 0.2) is 11.5 Å². The van der Waals surface area contributed by atoms with Crippen molar-refractivity contribution in [2.24, 2.45) is 0 Å². The van der Waals surface area contributed by atoms with Gasteiger partial charge in [-0.3, -0.25) is 0 Å². The molecule has 1 aromatic carbocycles. The predicted molar refractivity (Wildman–Crippen MR) is 53.7 cm³/mol. The molecule has 0 N–H and O–H groups in total. The van der Waals surface area contributed by atoms with Crippen molar-refractivity contribution in [2.75, 3.05) is 0 Å². The third-order valence-corrected chi connectivity index (χ3v) is 1.98. The van der Waals surface area contributed by atoms with Crippen LogP contribution in [0.4, 0.5) is 17.6 Å². The van der Waals surface area contributed by atoms with Crippen molar-refractivity contribution in [3.05, 3.63) is 23.8 Å². The van der Waals surface area contributed by atoms with Gasteiger partial charge in [0.25, 0.3) is 0 Å². The Morgan fingerprint density at radius 1 is 0.941 bits per heavy atom. The van der Waals surface area contributed by atoms with E-state index in [9.17, 15) is 17.6 Å². The summed E-state index contributed by atoms with van der Waals surface area (Å²) >= 11 is 0. The molecule has 1 heterocycles. The first-order valence-electron chi connectivity index (χ1n) is 5.07. The molecule has 0 unspecified atom stereocenters. The molecule has 2 nitrogen and oxygen atoms in total. The Hall–Kier alpha value is -1.46. The summed E-state index contributed by atoms with van der Waals surface area (Å²) in [5.41, 5.74) is 0.308. The number of hydrogen-bond acceptors (Lipinski definition) is 2. The second-order valence-electron chi connectivity index (χ2n) is 3.14. The number of rotatable bonds is 0. The molecule has 0 bridgehead atoms. The number of para-hydroxylation sites is 1. The molecule has 17 heavy (non-hydrogen) atoms. The molecule has 0 aliphatic carbocycles. The lowest BCUT2D eigenvalue weighted by Gasteiger charge is -2.32. The Kier molecular flexibility index (Phi) is 3.54. The van der Waals surface area contributed by atoms with Gasteiger partial charge < -0.3 is 9.47 Å². The maximum Gasteiger partial charge on any atom is 0.507 e. The Bertz CT molecular complexity index is 404. The average Bonchev–Trinajstić information content (AvgIpc) is 2.24. The number of alkyl halides is 4. The van der Waals surface area contributed by atoms with E-state index in [4.69, 9.17) is 0 Å². The predicted octanol–water partition coefficient (Wildman–Crippen LogP) is 3.98. The Morgan fingerprint density at radius 2 is 1.47 bits per heavy atom. The standard InChI is InChI=1S/C9H6F4O2.C2H6/c1-5-3-2-4-6-7(5)15-9(12,13)8(10,11)14-6;1-2/h2-4H,1H3;1-2H3. The van der Waals surface area contributed by atoms with Gasteiger partial charge in [0.1, 0.15) is 0 Å². The van der Waals surface area contributed by atoms with Gasteiger partial charge in [-0.1, -0.05) is 26.0 Å². The first kappa shape index (κ1) is 13.6. The lowest BCUT2D eigenvalue weighted by atomic mass is 10.2. The van der Waals surface area contributed by atoms with Crippen molar-refractivity contribution in [2.45, 2.75) is 33.0 Å². The molecule has 0 fully saturated rings. The fraction of sp³-hybridized carbons (Fsp3) is 0.455. The number of aryl methyl sites for hydroxylation is 1. The highest BCUT2D eigenvalue weighted by Crippen LogP contribution is 2.47. The molecule has 1 aliphatic heterocycles. The van der Waals surface area contributed by atoms with Gasteiger partial charge in [0, 0.05) is 0 Å². The molecular weight excluding hydrogens is 240 g/mol. The van der Waals surface area contributed by atoms with Crippen LogP contribution in [0.25, 0.3) is 0 Å². The minimum absolute atomic E-state index is 0.308. The average molecular weight is 252 g/mol. The van der Waals surface area contributed by atoms with Crippen LogP contribution in [0.2, 0.25) is 0 Å². The maximum atomic E-state index is 12.7. The van der Waals surface area contributed by atoms with E-state index in [0.29, 0.717) is 5.56 Å². The van der Waals surface area contributed by atoms with E-state index in [1.165, 1.54) is 19.1 Å². The zero-order chi connectivity index (χ0) is 13.3. The van der Waals surface area contributed by atoms with Gasteiger partial charge in [-0.2, -0.15) is 17.6 Å². The zero-order valence-corrected chi connectivity index (χ0v) is 9.56. The molecule has 6 heteroatoms. The summed E-state index contributed by atoms with van der Waals surface area (Å²) in [4.78, 5) is 0. The van der Waals surface area contributed by atoms with Gasteiger partial charge in [0.2, 0.25) is 0 Å². The Balaban J connectivity index is 0.000000686. The van der Waals surface area contributed by atoms with E-state index in [0.717, 1.165) is 6.07 Å². The molecule has 0 atom stereocenters. The third-order valence-electron chi connectivity index (χ3n) is 1.98. The third kappa shape index (κ3) is 2.30. The second-order valence-corrected chi connectivity index (χ2v) is 3.14. The number of fused-ring (bicyclic) bond motifs is 1. The highest BCUT2D eigenvalue weighted by atomic mass is 19.3. The summed E-state index contributed by atoms with van der Waals surface area (Å²) < 4.78 is 58.7.